The van der Waals surface area contributed by atoms with E-state index in [2.05, 4.69) is 15.5 Å². The molecular weight excluding hydrogens is 270 g/mol. The molecule has 0 saturated heterocycles. The fourth-order valence-electron chi connectivity index (χ4n) is 1.72. The summed E-state index contributed by atoms with van der Waals surface area (Å²) in [6, 6.07) is 6.18. The maximum atomic E-state index is 6.22. The summed E-state index contributed by atoms with van der Waals surface area (Å²) >= 11 is 7.70. The minimum atomic E-state index is 0.450. The van der Waals surface area contributed by atoms with E-state index >= 15 is 0 Å². The summed E-state index contributed by atoms with van der Waals surface area (Å²) in [6.45, 7) is 0.452. The number of benzene rings is 1. The minimum Gasteiger partial charge on any atom is -0.326 e. The third-order valence-corrected chi connectivity index (χ3v) is 4.38. The predicted molar refractivity (Wildman–Crippen MR) is 69.6 cm³/mol. The van der Waals surface area contributed by atoms with Gasteiger partial charge in [-0.25, -0.2) is 4.68 Å². The second-order valence-corrected chi connectivity index (χ2v) is 5.56. The first-order valence-corrected chi connectivity index (χ1v) is 6.92. The molecule has 1 saturated carbocycles. The Hall–Kier alpha value is -1.11. The normalized spacial score (nSPS) is 15.0. The summed E-state index contributed by atoms with van der Waals surface area (Å²) in [6.07, 6.45) is 2.29. The van der Waals surface area contributed by atoms with Crippen LogP contribution in [0.25, 0.3) is 0 Å². The highest BCUT2D eigenvalue weighted by Gasteiger charge is 2.28. The van der Waals surface area contributed by atoms with Gasteiger partial charge in [-0.1, -0.05) is 23.7 Å². The van der Waals surface area contributed by atoms with E-state index in [4.69, 9.17) is 17.3 Å². The van der Waals surface area contributed by atoms with Crippen LogP contribution in [0.15, 0.2) is 28.3 Å². The van der Waals surface area contributed by atoms with Gasteiger partial charge in [0, 0.05) is 11.4 Å². The van der Waals surface area contributed by atoms with E-state index in [0.29, 0.717) is 17.6 Å². The van der Waals surface area contributed by atoms with Crippen LogP contribution in [0.2, 0.25) is 5.02 Å². The van der Waals surface area contributed by atoms with Crippen molar-refractivity contribution in [3.05, 3.63) is 28.8 Å². The number of hydrogen-bond acceptors (Lipinski definition) is 5. The zero-order valence-electron chi connectivity index (χ0n) is 9.58. The molecule has 0 atom stereocenters. The summed E-state index contributed by atoms with van der Waals surface area (Å²) in [5, 5.41) is 13.3. The summed E-state index contributed by atoms with van der Waals surface area (Å²) in [7, 11) is 0. The first-order valence-electron chi connectivity index (χ1n) is 5.72. The van der Waals surface area contributed by atoms with Gasteiger partial charge in [0.2, 0.25) is 5.16 Å². The zero-order chi connectivity index (χ0) is 12.5. The van der Waals surface area contributed by atoms with Gasteiger partial charge in [0.1, 0.15) is 0 Å². The van der Waals surface area contributed by atoms with E-state index in [0.717, 1.165) is 28.5 Å². The molecule has 5 nitrogen and oxygen atoms in total. The Morgan fingerprint density at radius 3 is 3.00 bits per heavy atom. The van der Waals surface area contributed by atoms with Crippen molar-refractivity contribution in [1.29, 1.82) is 0 Å². The number of halogens is 1. The Labute approximate surface area is 114 Å². The van der Waals surface area contributed by atoms with Crippen LogP contribution < -0.4 is 5.73 Å². The van der Waals surface area contributed by atoms with Gasteiger partial charge in [-0.2, -0.15) is 0 Å². The molecule has 94 valence electrons. The molecule has 0 aliphatic heterocycles. The fraction of sp³-hybridized carbons (Fsp3) is 0.364. The molecular formula is C11H12ClN5S. The molecule has 1 aliphatic carbocycles. The molecule has 3 rings (SSSR count). The van der Waals surface area contributed by atoms with Crippen LogP contribution in [-0.4, -0.2) is 20.2 Å². The lowest BCUT2D eigenvalue weighted by atomic mass is 10.2. The highest BCUT2D eigenvalue weighted by atomic mass is 35.5. The van der Waals surface area contributed by atoms with Gasteiger partial charge < -0.3 is 5.73 Å². The molecule has 1 heterocycles. The Balaban J connectivity index is 1.94. The molecule has 18 heavy (non-hydrogen) atoms. The van der Waals surface area contributed by atoms with Crippen molar-refractivity contribution in [2.75, 3.05) is 0 Å². The van der Waals surface area contributed by atoms with Gasteiger partial charge >= 0.3 is 0 Å². The molecule has 2 aromatic rings. The monoisotopic (exact) mass is 281 g/mol. The van der Waals surface area contributed by atoms with Crippen LogP contribution >= 0.6 is 23.4 Å². The summed E-state index contributed by atoms with van der Waals surface area (Å²) in [5.74, 6) is 0. The van der Waals surface area contributed by atoms with Crippen LogP contribution in [0.3, 0.4) is 0 Å². The third-order valence-electron chi connectivity index (χ3n) is 2.82. The molecule has 0 amide bonds. The molecule has 1 aliphatic rings. The van der Waals surface area contributed by atoms with Crippen molar-refractivity contribution in [2.24, 2.45) is 5.73 Å². The van der Waals surface area contributed by atoms with E-state index in [1.165, 1.54) is 11.8 Å². The third kappa shape index (κ3) is 2.23. The highest BCUT2D eigenvalue weighted by Crippen LogP contribution is 2.40. The van der Waals surface area contributed by atoms with Gasteiger partial charge in [0.15, 0.2) is 0 Å². The van der Waals surface area contributed by atoms with Crippen molar-refractivity contribution in [1.82, 2.24) is 20.2 Å². The summed E-state index contributed by atoms with van der Waals surface area (Å²) in [4.78, 5) is 0.943. The molecule has 1 aromatic carbocycles. The predicted octanol–water partition coefficient (Wildman–Crippen LogP) is 2.27. The van der Waals surface area contributed by atoms with Crippen molar-refractivity contribution in [3.63, 3.8) is 0 Å². The average molecular weight is 282 g/mol. The van der Waals surface area contributed by atoms with Crippen LogP contribution in [0, 0.1) is 0 Å². The van der Waals surface area contributed by atoms with E-state index in [1.807, 2.05) is 22.9 Å². The first kappa shape index (κ1) is 12.0. The van der Waals surface area contributed by atoms with Gasteiger partial charge in [0.05, 0.1) is 11.1 Å². The molecule has 0 radical (unpaired) electrons. The Kier molecular flexibility index (Phi) is 3.23. The standard InChI is InChI=1S/C11H12ClN5S/c12-9-3-1-2-7(6-13)10(9)18-11-14-15-16-17(11)8-4-5-8/h1-3,8H,4-6,13H2. The Morgan fingerprint density at radius 1 is 1.44 bits per heavy atom. The molecule has 1 aromatic heterocycles. The van der Waals surface area contributed by atoms with E-state index in [1.54, 1.807) is 0 Å². The zero-order valence-corrected chi connectivity index (χ0v) is 11.2. The second-order valence-electron chi connectivity index (χ2n) is 4.17. The summed E-state index contributed by atoms with van der Waals surface area (Å²) in [5.41, 5.74) is 6.74. The fourth-order valence-corrected chi connectivity index (χ4v) is 3.02. The number of nitrogens with zero attached hydrogens (tertiary/aromatic N) is 4. The maximum Gasteiger partial charge on any atom is 0.214 e. The lowest BCUT2D eigenvalue weighted by Crippen LogP contribution is -2.01. The lowest BCUT2D eigenvalue weighted by Gasteiger charge is -2.08. The quantitative estimate of drug-likeness (QED) is 0.931. The lowest BCUT2D eigenvalue weighted by molar-refractivity contribution is 0.565. The van der Waals surface area contributed by atoms with Crippen molar-refractivity contribution < 1.29 is 0 Å². The number of tetrazole rings is 1. The molecule has 2 N–H and O–H groups in total. The number of nitrogens with two attached hydrogens (primary N) is 1. The van der Waals surface area contributed by atoms with Crippen molar-refractivity contribution >= 4 is 23.4 Å². The van der Waals surface area contributed by atoms with Gasteiger partial charge in [0.25, 0.3) is 0 Å². The van der Waals surface area contributed by atoms with E-state index < -0.39 is 0 Å². The summed E-state index contributed by atoms with van der Waals surface area (Å²) < 4.78 is 1.87. The van der Waals surface area contributed by atoms with Crippen LogP contribution in [0.1, 0.15) is 24.4 Å². The SMILES string of the molecule is NCc1cccc(Cl)c1Sc1nnnn1C1CC1. The highest BCUT2D eigenvalue weighted by molar-refractivity contribution is 7.99. The van der Waals surface area contributed by atoms with Gasteiger partial charge in [-0.05, 0) is 46.7 Å². The molecule has 0 spiro atoms. The first-order chi connectivity index (χ1) is 8.79. The largest absolute Gasteiger partial charge is 0.326 e. The maximum absolute atomic E-state index is 6.22. The van der Waals surface area contributed by atoms with E-state index in [9.17, 15) is 0 Å². The number of aromatic nitrogens is 4. The van der Waals surface area contributed by atoms with Crippen molar-refractivity contribution in [3.8, 4) is 0 Å². The molecule has 1 fully saturated rings. The number of rotatable bonds is 4. The average Bonchev–Trinajstić information content (AvgIpc) is 3.12. The van der Waals surface area contributed by atoms with E-state index in [-0.39, 0.29) is 0 Å². The van der Waals surface area contributed by atoms with Gasteiger partial charge in [-0.15, -0.1) is 5.10 Å². The molecule has 0 bridgehead atoms. The Morgan fingerprint density at radius 2 is 2.28 bits per heavy atom. The van der Waals surface area contributed by atoms with Crippen LogP contribution in [0.4, 0.5) is 0 Å². The molecule has 0 unspecified atom stereocenters. The molecule has 7 heteroatoms. The topological polar surface area (TPSA) is 69.6 Å². The van der Waals surface area contributed by atoms with Crippen LogP contribution in [-0.2, 0) is 6.54 Å². The second kappa shape index (κ2) is 4.87. The van der Waals surface area contributed by atoms with Crippen molar-refractivity contribution in [2.45, 2.75) is 35.5 Å². The van der Waals surface area contributed by atoms with Crippen LogP contribution in [0.5, 0.6) is 0 Å². The Bertz CT molecular complexity index is 566. The van der Waals surface area contributed by atoms with Gasteiger partial charge in [-0.3, -0.25) is 0 Å². The smallest absolute Gasteiger partial charge is 0.214 e. The minimum absolute atomic E-state index is 0.450. The number of hydrogen-bond donors (Lipinski definition) is 1.